The average molecular weight is 362 g/mol. The fourth-order valence-electron chi connectivity index (χ4n) is 2.77. The summed E-state index contributed by atoms with van der Waals surface area (Å²) in [4.78, 5) is 0. The molecule has 0 radical (unpaired) electrons. The number of rotatable bonds is 6. The first-order valence-corrected chi connectivity index (χ1v) is 7.97. The van der Waals surface area contributed by atoms with E-state index in [0.29, 0.717) is 12.0 Å². The Bertz CT molecular complexity index is 497. The van der Waals surface area contributed by atoms with Crippen LogP contribution in [0.5, 0.6) is 0 Å². The standard InChI is InChI=1S/C20H28N.BrH/c1-5-21(3,4)17(2)16-20(18-12-8-6-9-13-18)19-14-10-7-11-15-19;/h6-15,17,20H,5,16H2,1-4H3;1H/q+1;/p-1. The second kappa shape index (κ2) is 8.50. The molecule has 1 unspecified atom stereocenters. The quantitative estimate of drug-likeness (QED) is 0.687. The lowest BCUT2D eigenvalue weighted by Gasteiger charge is -2.37. The SMILES string of the molecule is CC[N+](C)(C)C(C)CC(c1ccccc1)c1ccccc1.[Br-]. The van der Waals surface area contributed by atoms with Gasteiger partial charge in [0, 0.05) is 12.3 Å². The van der Waals surface area contributed by atoms with Gasteiger partial charge in [-0.15, -0.1) is 0 Å². The van der Waals surface area contributed by atoms with Gasteiger partial charge in [0.05, 0.1) is 26.7 Å². The summed E-state index contributed by atoms with van der Waals surface area (Å²) in [7, 11) is 4.66. The van der Waals surface area contributed by atoms with Gasteiger partial charge in [0.1, 0.15) is 0 Å². The van der Waals surface area contributed by atoms with E-state index in [2.05, 4.69) is 88.6 Å². The van der Waals surface area contributed by atoms with Crippen molar-refractivity contribution in [3.8, 4) is 0 Å². The lowest BCUT2D eigenvalue weighted by atomic mass is 9.85. The molecular formula is C20H28BrN. The van der Waals surface area contributed by atoms with E-state index in [1.54, 1.807) is 0 Å². The van der Waals surface area contributed by atoms with Crippen LogP contribution in [-0.2, 0) is 0 Å². The van der Waals surface area contributed by atoms with Crippen molar-refractivity contribution in [2.24, 2.45) is 0 Å². The molecule has 0 saturated heterocycles. The summed E-state index contributed by atoms with van der Waals surface area (Å²) in [6.07, 6.45) is 1.18. The molecule has 2 aromatic carbocycles. The molecule has 0 amide bonds. The second-order valence-electron chi connectivity index (χ2n) is 6.55. The van der Waals surface area contributed by atoms with Crippen molar-refractivity contribution in [1.82, 2.24) is 0 Å². The third-order valence-corrected chi connectivity index (χ3v) is 4.99. The maximum Gasteiger partial charge on any atom is 0.0866 e. The minimum absolute atomic E-state index is 0. The van der Waals surface area contributed by atoms with Gasteiger partial charge in [-0.3, -0.25) is 0 Å². The minimum atomic E-state index is 0. The molecule has 0 fully saturated rings. The van der Waals surface area contributed by atoms with Crippen molar-refractivity contribution in [3.05, 3.63) is 71.8 Å². The predicted molar refractivity (Wildman–Crippen MR) is 91.5 cm³/mol. The van der Waals surface area contributed by atoms with Gasteiger partial charge in [-0.2, -0.15) is 0 Å². The molecule has 0 bridgehead atoms. The molecule has 0 aliphatic rings. The molecule has 120 valence electrons. The van der Waals surface area contributed by atoms with Crippen LogP contribution in [0.25, 0.3) is 0 Å². The predicted octanol–water partition coefficient (Wildman–Crippen LogP) is 1.70. The van der Waals surface area contributed by atoms with Crippen LogP contribution in [0.15, 0.2) is 60.7 Å². The van der Waals surface area contributed by atoms with E-state index in [1.165, 1.54) is 17.5 Å². The van der Waals surface area contributed by atoms with Gasteiger partial charge in [0.15, 0.2) is 0 Å². The van der Waals surface area contributed by atoms with Gasteiger partial charge in [-0.05, 0) is 25.0 Å². The zero-order valence-corrected chi connectivity index (χ0v) is 15.8. The summed E-state index contributed by atoms with van der Waals surface area (Å²) < 4.78 is 1.07. The van der Waals surface area contributed by atoms with Crippen molar-refractivity contribution in [2.45, 2.75) is 32.2 Å². The topological polar surface area (TPSA) is 0 Å². The number of hydrogen-bond acceptors (Lipinski definition) is 0. The average Bonchev–Trinajstić information content (AvgIpc) is 2.54. The molecule has 2 rings (SSSR count). The summed E-state index contributed by atoms with van der Waals surface area (Å²) in [6.45, 7) is 5.82. The monoisotopic (exact) mass is 361 g/mol. The Morgan fingerprint density at radius 3 is 1.59 bits per heavy atom. The molecule has 0 aromatic heterocycles. The van der Waals surface area contributed by atoms with Crippen LogP contribution in [0.2, 0.25) is 0 Å². The Kier molecular flexibility index (Phi) is 7.31. The van der Waals surface area contributed by atoms with Crippen LogP contribution >= 0.6 is 0 Å². The lowest BCUT2D eigenvalue weighted by Crippen LogP contribution is -3.00. The Labute approximate surface area is 146 Å². The molecule has 0 N–H and O–H groups in total. The van der Waals surface area contributed by atoms with Gasteiger partial charge < -0.3 is 21.5 Å². The molecule has 22 heavy (non-hydrogen) atoms. The van der Waals surface area contributed by atoms with E-state index in [4.69, 9.17) is 0 Å². The summed E-state index contributed by atoms with van der Waals surface area (Å²) in [5, 5.41) is 0. The summed E-state index contributed by atoms with van der Waals surface area (Å²) >= 11 is 0. The molecular weight excluding hydrogens is 334 g/mol. The first-order chi connectivity index (χ1) is 10.0. The smallest absolute Gasteiger partial charge is 0.0866 e. The van der Waals surface area contributed by atoms with Crippen molar-refractivity contribution in [3.63, 3.8) is 0 Å². The van der Waals surface area contributed by atoms with Crippen LogP contribution in [0, 0.1) is 0 Å². The largest absolute Gasteiger partial charge is 1.00 e. The Morgan fingerprint density at radius 1 is 0.818 bits per heavy atom. The molecule has 1 nitrogen and oxygen atoms in total. The number of benzene rings is 2. The van der Waals surface area contributed by atoms with E-state index in [-0.39, 0.29) is 17.0 Å². The van der Waals surface area contributed by atoms with E-state index >= 15 is 0 Å². The highest BCUT2D eigenvalue weighted by molar-refractivity contribution is 5.32. The molecule has 0 saturated carbocycles. The highest BCUT2D eigenvalue weighted by atomic mass is 79.9. The highest BCUT2D eigenvalue weighted by Crippen LogP contribution is 2.31. The van der Waals surface area contributed by atoms with Gasteiger partial charge in [-0.1, -0.05) is 60.7 Å². The van der Waals surface area contributed by atoms with E-state index < -0.39 is 0 Å². The van der Waals surface area contributed by atoms with Gasteiger partial charge >= 0.3 is 0 Å². The van der Waals surface area contributed by atoms with E-state index in [1.807, 2.05) is 0 Å². The van der Waals surface area contributed by atoms with Crippen LogP contribution < -0.4 is 17.0 Å². The van der Waals surface area contributed by atoms with Gasteiger partial charge in [-0.25, -0.2) is 0 Å². The van der Waals surface area contributed by atoms with Crippen LogP contribution in [0.3, 0.4) is 0 Å². The van der Waals surface area contributed by atoms with Crippen molar-refractivity contribution in [1.29, 1.82) is 0 Å². The number of nitrogens with zero attached hydrogens (tertiary/aromatic N) is 1. The second-order valence-corrected chi connectivity index (χ2v) is 6.55. The maximum absolute atomic E-state index is 2.38. The Morgan fingerprint density at radius 2 is 1.23 bits per heavy atom. The van der Waals surface area contributed by atoms with Crippen molar-refractivity contribution >= 4 is 0 Å². The first-order valence-electron chi connectivity index (χ1n) is 7.97. The number of hydrogen-bond donors (Lipinski definition) is 0. The third kappa shape index (κ3) is 4.69. The van der Waals surface area contributed by atoms with Gasteiger partial charge in [0.25, 0.3) is 0 Å². The van der Waals surface area contributed by atoms with Crippen molar-refractivity contribution in [2.75, 3.05) is 20.6 Å². The molecule has 0 heterocycles. The van der Waals surface area contributed by atoms with Gasteiger partial charge in [0.2, 0.25) is 0 Å². The summed E-state index contributed by atoms with van der Waals surface area (Å²) in [6, 6.07) is 22.5. The zero-order chi connectivity index (χ0) is 15.3. The lowest BCUT2D eigenvalue weighted by molar-refractivity contribution is -0.911. The number of halogens is 1. The molecule has 0 aliphatic heterocycles. The molecule has 2 aromatic rings. The highest BCUT2D eigenvalue weighted by Gasteiger charge is 2.26. The fourth-order valence-corrected chi connectivity index (χ4v) is 2.77. The zero-order valence-electron chi connectivity index (χ0n) is 14.2. The molecule has 1 atom stereocenters. The van der Waals surface area contributed by atoms with Crippen LogP contribution in [-0.4, -0.2) is 31.2 Å². The fraction of sp³-hybridized carbons (Fsp3) is 0.400. The summed E-state index contributed by atoms with van der Waals surface area (Å²) in [5.74, 6) is 0.478. The molecule has 0 spiro atoms. The number of quaternary nitrogens is 1. The minimum Gasteiger partial charge on any atom is -1.00 e. The Balaban J connectivity index is 0.00000242. The normalized spacial score (nSPS) is 12.8. The molecule has 0 aliphatic carbocycles. The van der Waals surface area contributed by atoms with Crippen LogP contribution in [0.4, 0.5) is 0 Å². The summed E-state index contributed by atoms with van der Waals surface area (Å²) in [5.41, 5.74) is 2.85. The van der Waals surface area contributed by atoms with E-state index in [0.717, 1.165) is 11.0 Å². The molecule has 2 heteroatoms. The first kappa shape index (κ1) is 18.9. The van der Waals surface area contributed by atoms with E-state index in [9.17, 15) is 0 Å². The van der Waals surface area contributed by atoms with Crippen LogP contribution in [0.1, 0.15) is 37.3 Å². The maximum atomic E-state index is 2.38. The van der Waals surface area contributed by atoms with Crippen molar-refractivity contribution < 1.29 is 21.5 Å². The Hall–Kier alpha value is -1.12. The third-order valence-electron chi connectivity index (χ3n) is 4.99.